The Hall–Kier alpha value is -2.34. The number of methoxy groups -OCH3 is 1. The van der Waals surface area contributed by atoms with Crippen molar-refractivity contribution in [1.82, 2.24) is 5.43 Å². The van der Waals surface area contributed by atoms with E-state index in [1.165, 1.54) is 0 Å². The van der Waals surface area contributed by atoms with Gasteiger partial charge in [-0.15, -0.1) is 11.3 Å². The zero-order valence-electron chi connectivity index (χ0n) is 12.7. The summed E-state index contributed by atoms with van der Waals surface area (Å²) < 4.78 is 10.9. The quantitative estimate of drug-likeness (QED) is 0.656. The van der Waals surface area contributed by atoms with Crippen LogP contribution in [0.3, 0.4) is 0 Å². The van der Waals surface area contributed by atoms with Gasteiger partial charge in [0.05, 0.1) is 19.4 Å². The number of carbonyl (C=O) groups excluding carboxylic acids is 1. The maximum absolute atomic E-state index is 12.1. The van der Waals surface area contributed by atoms with E-state index in [1.807, 2.05) is 31.4 Å². The lowest BCUT2D eigenvalue weighted by Gasteiger charge is -2.14. The van der Waals surface area contributed by atoms with Gasteiger partial charge in [-0.2, -0.15) is 5.10 Å². The number of benzene rings is 1. The number of hydrazone groups is 1. The van der Waals surface area contributed by atoms with Crippen molar-refractivity contribution in [3.05, 3.63) is 46.2 Å². The lowest BCUT2D eigenvalue weighted by Crippen LogP contribution is -2.17. The number of thiophene rings is 1. The molecule has 2 aromatic rings. The zero-order valence-corrected chi connectivity index (χ0v) is 13.5. The summed E-state index contributed by atoms with van der Waals surface area (Å²) in [5, 5.41) is 5.88. The summed E-state index contributed by atoms with van der Waals surface area (Å²) >= 11 is 1.55. The molecule has 116 valence electrons. The first kappa shape index (κ1) is 16.0. The molecule has 0 spiro atoms. The fraction of sp³-hybridized carbons (Fsp3) is 0.250. The largest absolute Gasteiger partial charge is 0.493 e. The van der Waals surface area contributed by atoms with Gasteiger partial charge < -0.3 is 9.47 Å². The summed E-state index contributed by atoms with van der Waals surface area (Å²) in [7, 11) is 1.54. The highest BCUT2D eigenvalue weighted by Crippen LogP contribution is 2.28. The van der Waals surface area contributed by atoms with E-state index in [2.05, 4.69) is 10.5 Å². The zero-order chi connectivity index (χ0) is 15.9. The molecular weight excluding hydrogens is 300 g/mol. The van der Waals surface area contributed by atoms with Crippen molar-refractivity contribution in [2.45, 2.75) is 20.0 Å². The molecule has 0 atom stereocenters. The molecule has 0 radical (unpaired) electrons. The molecule has 5 nitrogen and oxygen atoms in total. The molecule has 0 saturated carbocycles. The second-order valence-corrected chi connectivity index (χ2v) is 5.73. The summed E-state index contributed by atoms with van der Waals surface area (Å²) in [6.07, 6.45) is 1.64. The van der Waals surface area contributed by atoms with Crippen LogP contribution in [0.2, 0.25) is 0 Å². The van der Waals surface area contributed by atoms with E-state index in [-0.39, 0.29) is 12.0 Å². The van der Waals surface area contributed by atoms with Crippen LogP contribution in [0.15, 0.2) is 40.8 Å². The molecule has 0 aliphatic heterocycles. The minimum atomic E-state index is -0.304. The highest BCUT2D eigenvalue weighted by Gasteiger charge is 2.11. The van der Waals surface area contributed by atoms with Gasteiger partial charge in [0.15, 0.2) is 11.5 Å². The van der Waals surface area contributed by atoms with E-state index >= 15 is 0 Å². The topological polar surface area (TPSA) is 59.9 Å². The SMILES string of the molecule is COc1cc(C(=O)N/N=C/c2cccs2)ccc1OC(C)C. The van der Waals surface area contributed by atoms with Gasteiger partial charge in [0.2, 0.25) is 0 Å². The predicted octanol–water partition coefficient (Wildman–Crippen LogP) is 3.31. The molecule has 1 aromatic carbocycles. The standard InChI is InChI=1S/C16H18N2O3S/c1-11(2)21-14-7-6-12(9-15(14)20-3)16(19)18-17-10-13-5-4-8-22-13/h4-11H,1-3H3,(H,18,19)/b17-10+. The number of ether oxygens (including phenoxy) is 2. The Bertz CT molecular complexity index is 651. The van der Waals surface area contributed by atoms with E-state index in [0.29, 0.717) is 17.1 Å². The average Bonchev–Trinajstić information content (AvgIpc) is 3.00. The summed E-state index contributed by atoms with van der Waals surface area (Å²) in [4.78, 5) is 13.0. The van der Waals surface area contributed by atoms with Gasteiger partial charge >= 0.3 is 0 Å². The van der Waals surface area contributed by atoms with Gasteiger partial charge in [-0.1, -0.05) is 6.07 Å². The number of amides is 1. The summed E-state index contributed by atoms with van der Waals surface area (Å²) in [6, 6.07) is 8.87. The maximum Gasteiger partial charge on any atom is 0.271 e. The van der Waals surface area contributed by atoms with E-state index in [4.69, 9.17) is 9.47 Å². The van der Waals surface area contributed by atoms with Crippen molar-refractivity contribution in [3.8, 4) is 11.5 Å². The fourth-order valence-corrected chi connectivity index (χ4v) is 2.33. The van der Waals surface area contributed by atoms with Crippen molar-refractivity contribution in [3.63, 3.8) is 0 Å². The normalized spacial score (nSPS) is 10.9. The molecule has 0 saturated heterocycles. The number of hydrogen-bond acceptors (Lipinski definition) is 5. The second kappa shape index (κ2) is 7.61. The summed E-state index contributed by atoms with van der Waals surface area (Å²) in [6.45, 7) is 3.86. The van der Waals surface area contributed by atoms with E-state index in [1.54, 1.807) is 42.9 Å². The number of hydrogen-bond donors (Lipinski definition) is 1. The van der Waals surface area contributed by atoms with Crippen LogP contribution < -0.4 is 14.9 Å². The number of rotatable bonds is 6. The van der Waals surface area contributed by atoms with Crippen molar-refractivity contribution in [2.24, 2.45) is 5.10 Å². The van der Waals surface area contributed by atoms with Gasteiger partial charge in [-0.05, 0) is 43.5 Å². The first-order valence-corrected chi connectivity index (χ1v) is 7.69. The Morgan fingerprint density at radius 1 is 1.32 bits per heavy atom. The highest BCUT2D eigenvalue weighted by atomic mass is 32.1. The molecule has 22 heavy (non-hydrogen) atoms. The molecule has 0 aliphatic carbocycles. The summed E-state index contributed by atoms with van der Waals surface area (Å²) in [5.41, 5.74) is 2.94. The molecule has 0 aliphatic rings. The van der Waals surface area contributed by atoms with Gasteiger partial charge in [0, 0.05) is 10.4 Å². The lowest BCUT2D eigenvalue weighted by molar-refractivity contribution is 0.0954. The van der Waals surface area contributed by atoms with Crippen molar-refractivity contribution >= 4 is 23.5 Å². The number of nitrogens with zero attached hydrogens (tertiary/aromatic N) is 1. The first-order valence-electron chi connectivity index (χ1n) is 6.81. The van der Waals surface area contributed by atoms with Crippen LogP contribution in [0.5, 0.6) is 11.5 Å². The molecule has 0 bridgehead atoms. The highest BCUT2D eigenvalue weighted by molar-refractivity contribution is 7.11. The monoisotopic (exact) mass is 318 g/mol. The third kappa shape index (κ3) is 4.33. The average molecular weight is 318 g/mol. The van der Waals surface area contributed by atoms with Crippen LogP contribution >= 0.6 is 11.3 Å². The molecular formula is C16H18N2O3S. The molecule has 1 heterocycles. The molecule has 6 heteroatoms. The summed E-state index contributed by atoms with van der Waals surface area (Å²) in [5.74, 6) is 0.821. The number of carbonyl (C=O) groups is 1. The predicted molar refractivity (Wildman–Crippen MR) is 88.1 cm³/mol. The molecule has 0 fully saturated rings. The van der Waals surface area contributed by atoms with Crippen molar-refractivity contribution in [1.29, 1.82) is 0 Å². The van der Waals surface area contributed by atoms with Crippen LogP contribution in [0.4, 0.5) is 0 Å². The van der Waals surface area contributed by atoms with Crippen molar-refractivity contribution < 1.29 is 14.3 Å². The smallest absolute Gasteiger partial charge is 0.271 e. The van der Waals surface area contributed by atoms with Crippen molar-refractivity contribution in [2.75, 3.05) is 7.11 Å². The van der Waals surface area contributed by atoms with Gasteiger partial charge in [-0.3, -0.25) is 4.79 Å². The van der Waals surface area contributed by atoms with Gasteiger partial charge in [-0.25, -0.2) is 5.43 Å². The number of nitrogens with one attached hydrogen (secondary N) is 1. The Balaban J connectivity index is 2.06. The van der Waals surface area contributed by atoms with Crippen LogP contribution in [0.1, 0.15) is 29.1 Å². The molecule has 1 aromatic heterocycles. The lowest BCUT2D eigenvalue weighted by atomic mass is 10.2. The maximum atomic E-state index is 12.1. The fourth-order valence-electron chi connectivity index (χ4n) is 1.74. The van der Waals surface area contributed by atoms with Gasteiger partial charge in [0.1, 0.15) is 0 Å². The van der Waals surface area contributed by atoms with E-state index in [9.17, 15) is 4.79 Å². The molecule has 1 amide bonds. The first-order chi connectivity index (χ1) is 10.6. The third-order valence-corrected chi connectivity index (χ3v) is 3.50. The minimum absolute atomic E-state index is 0.0315. The molecule has 0 unspecified atom stereocenters. The molecule has 1 N–H and O–H groups in total. The van der Waals surface area contributed by atoms with E-state index in [0.717, 1.165) is 4.88 Å². The van der Waals surface area contributed by atoms with Crippen LogP contribution in [-0.4, -0.2) is 25.3 Å². The van der Waals surface area contributed by atoms with Crippen LogP contribution in [-0.2, 0) is 0 Å². The van der Waals surface area contributed by atoms with Crippen LogP contribution in [0, 0.1) is 0 Å². The Labute approximate surface area is 133 Å². The van der Waals surface area contributed by atoms with Gasteiger partial charge in [0.25, 0.3) is 5.91 Å². The Kier molecular flexibility index (Phi) is 5.55. The Morgan fingerprint density at radius 3 is 2.77 bits per heavy atom. The van der Waals surface area contributed by atoms with E-state index < -0.39 is 0 Å². The van der Waals surface area contributed by atoms with Crippen LogP contribution in [0.25, 0.3) is 0 Å². The molecule has 2 rings (SSSR count). The third-order valence-electron chi connectivity index (χ3n) is 2.69. The Morgan fingerprint density at radius 2 is 2.14 bits per heavy atom. The second-order valence-electron chi connectivity index (χ2n) is 4.75. The minimum Gasteiger partial charge on any atom is -0.493 e.